The minimum absolute atomic E-state index is 0.00316. The van der Waals surface area contributed by atoms with Crippen molar-refractivity contribution >= 4 is 22.2 Å². The van der Waals surface area contributed by atoms with Gasteiger partial charge in [0.15, 0.2) is 4.96 Å². The molecule has 4 rings (SSSR count). The molecule has 0 saturated carbocycles. The SMILES string of the molecule is O=C(c1cn2ccsc2n1)N1C[C@@H](O)[C@H](N2CCOCC2)C1. The zero-order valence-electron chi connectivity index (χ0n) is 12.1. The van der Waals surface area contributed by atoms with E-state index in [1.807, 2.05) is 16.0 Å². The average molecular weight is 322 g/mol. The fourth-order valence-electron chi connectivity index (χ4n) is 3.20. The Morgan fingerprint density at radius 3 is 2.95 bits per heavy atom. The number of hydrogen-bond acceptors (Lipinski definition) is 6. The molecule has 2 aliphatic rings. The van der Waals surface area contributed by atoms with Crippen LogP contribution in [0.2, 0.25) is 0 Å². The van der Waals surface area contributed by atoms with Crippen molar-refractivity contribution in [3.8, 4) is 0 Å². The van der Waals surface area contributed by atoms with Crippen molar-refractivity contribution in [3.05, 3.63) is 23.5 Å². The van der Waals surface area contributed by atoms with E-state index in [4.69, 9.17) is 4.74 Å². The van der Waals surface area contributed by atoms with Gasteiger partial charge < -0.3 is 14.7 Å². The third kappa shape index (κ3) is 2.41. The van der Waals surface area contributed by atoms with Gasteiger partial charge in [-0.15, -0.1) is 11.3 Å². The molecular weight excluding hydrogens is 304 g/mol. The number of thiazole rings is 1. The smallest absolute Gasteiger partial charge is 0.274 e. The molecule has 0 radical (unpaired) electrons. The highest BCUT2D eigenvalue weighted by Gasteiger charge is 2.38. The maximum atomic E-state index is 12.6. The lowest BCUT2D eigenvalue weighted by Gasteiger charge is -2.33. The number of carbonyl (C=O) groups excluding carboxylic acids is 1. The molecule has 4 heterocycles. The van der Waals surface area contributed by atoms with E-state index in [1.165, 1.54) is 11.3 Å². The number of morpholine rings is 1. The van der Waals surface area contributed by atoms with Crippen molar-refractivity contribution in [2.24, 2.45) is 0 Å². The third-order valence-corrected chi connectivity index (χ3v) is 5.14. The molecule has 2 saturated heterocycles. The fraction of sp³-hybridized carbons (Fsp3) is 0.571. The Kier molecular flexibility index (Phi) is 3.61. The van der Waals surface area contributed by atoms with E-state index in [9.17, 15) is 9.90 Å². The maximum Gasteiger partial charge on any atom is 0.274 e. The molecule has 7 nitrogen and oxygen atoms in total. The van der Waals surface area contributed by atoms with Crippen LogP contribution < -0.4 is 0 Å². The molecule has 2 aliphatic heterocycles. The Morgan fingerprint density at radius 1 is 1.36 bits per heavy atom. The van der Waals surface area contributed by atoms with Gasteiger partial charge in [0.1, 0.15) is 5.69 Å². The Labute approximate surface area is 131 Å². The molecule has 22 heavy (non-hydrogen) atoms. The zero-order chi connectivity index (χ0) is 15.1. The van der Waals surface area contributed by atoms with Gasteiger partial charge in [0, 0.05) is 44.0 Å². The van der Waals surface area contributed by atoms with Crippen LogP contribution in [0, 0.1) is 0 Å². The number of aliphatic hydroxyl groups is 1. The molecule has 0 spiro atoms. The Balaban J connectivity index is 1.48. The van der Waals surface area contributed by atoms with E-state index < -0.39 is 6.10 Å². The predicted molar refractivity (Wildman–Crippen MR) is 81.2 cm³/mol. The Bertz CT molecular complexity index is 650. The van der Waals surface area contributed by atoms with Gasteiger partial charge in [0.2, 0.25) is 0 Å². The average Bonchev–Trinajstić information content (AvgIpc) is 3.21. The van der Waals surface area contributed by atoms with Gasteiger partial charge in [0.25, 0.3) is 5.91 Å². The van der Waals surface area contributed by atoms with Crippen LogP contribution in [0.4, 0.5) is 0 Å². The first-order chi connectivity index (χ1) is 10.7. The number of imidazole rings is 1. The largest absolute Gasteiger partial charge is 0.390 e. The van der Waals surface area contributed by atoms with Gasteiger partial charge in [-0.05, 0) is 0 Å². The van der Waals surface area contributed by atoms with E-state index in [0.717, 1.165) is 18.1 Å². The molecule has 118 valence electrons. The van der Waals surface area contributed by atoms with E-state index in [-0.39, 0.29) is 11.9 Å². The van der Waals surface area contributed by atoms with Crippen LogP contribution in [-0.4, -0.2) is 81.7 Å². The highest BCUT2D eigenvalue weighted by Crippen LogP contribution is 2.20. The summed E-state index contributed by atoms with van der Waals surface area (Å²) in [5.41, 5.74) is 0.446. The second-order valence-electron chi connectivity index (χ2n) is 5.71. The fourth-order valence-corrected chi connectivity index (χ4v) is 3.90. The number of nitrogens with zero attached hydrogens (tertiary/aromatic N) is 4. The quantitative estimate of drug-likeness (QED) is 0.837. The molecule has 0 aliphatic carbocycles. The standard InChI is InChI=1S/C14H18N4O3S/c19-12-9-18(8-11(12)16-1-4-21-5-2-16)13(20)10-7-17-3-6-22-14(17)15-10/h3,6-7,11-12,19H,1-2,4-5,8-9H2/t11-,12-/m1/s1. The van der Waals surface area contributed by atoms with Crippen molar-refractivity contribution in [1.29, 1.82) is 0 Å². The van der Waals surface area contributed by atoms with Crippen molar-refractivity contribution in [2.75, 3.05) is 39.4 Å². The molecule has 1 N–H and O–H groups in total. The van der Waals surface area contributed by atoms with E-state index in [1.54, 1.807) is 11.1 Å². The number of hydrogen-bond donors (Lipinski definition) is 1. The number of β-amino-alcohol motifs (C(OH)–C–C–N with tert-alkyl or cyclic N) is 1. The van der Waals surface area contributed by atoms with E-state index in [0.29, 0.717) is 32.0 Å². The number of aromatic nitrogens is 2. The number of fused-ring (bicyclic) bond motifs is 1. The van der Waals surface area contributed by atoms with Gasteiger partial charge in [-0.3, -0.25) is 14.1 Å². The number of aliphatic hydroxyl groups excluding tert-OH is 1. The summed E-state index contributed by atoms with van der Waals surface area (Å²) in [7, 11) is 0. The topological polar surface area (TPSA) is 70.3 Å². The summed E-state index contributed by atoms with van der Waals surface area (Å²) < 4.78 is 7.20. The summed E-state index contributed by atoms with van der Waals surface area (Å²) in [6.07, 6.45) is 3.13. The van der Waals surface area contributed by atoms with Crippen molar-refractivity contribution in [3.63, 3.8) is 0 Å². The number of amides is 1. The van der Waals surface area contributed by atoms with Crippen LogP contribution >= 0.6 is 11.3 Å². The number of ether oxygens (including phenoxy) is 1. The predicted octanol–water partition coefficient (Wildman–Crippen LogP) is -0.0867. The molecule has 2 aromatic heterocycles. The monoisotopic (exact) mass is 322 g/mol. The molecule has 0 unspecified atom stereocenters. The molecule has 2 atom stereocenters. The Hall–Kier alpha value is -1.48. The summed E-state index contributed by atoms with van der Waals surface area (Å²) in [6, 6.07) is -0.00316. The highest BCUT2D eigenvalue weighted by atomic mass is 32.1. The van der Waals surface area contributed by atoms with Crippen LogP contribution in [0.1, 0.15) is 10.5 Å². The minimum atomic E-state index is -0.509. The molecule has 2 fully saturated rings. The molecule has 8 heteroatoms. The molecule has 0 aromatic carbocycles. The van der Waals surface area contributed by atoms with Crippen molar-refractivity contribution in [2.45, 2.75) is 12.1 Å². The number of carbonyl (C=O) groups is 1. The van der Waals surface area contributed by atoms with E-state index >= 15 is 0 Å². The Morgan fingerprint density at radius 2 is 2.18 bits per heavy atom. The van der Waals surface area contributed by atoms with Crippen molar-refractivity contribution < 1.29 is 14.6 Å². The van der Waals surface area contributed by atoms with Crippen LogP contribution in [0.3, 0.4) is 0 Å². The van der Waals surface area contributed by atoms with Gasteiger partial charge in [-0.2, -0.15) is 0 Å². The highest BCUT2D eigenvalue weighted by molar-refractivity contribution is 7.15. The molecule has 1 amide bonds. The van der Waals surface area contributed by atoms with Crippen LogP contribution in [0.15, 0.2) is 17.8 Å². The normalized spacial score (nSPS) is 26.9. The van der Waals surface area contributed by atoms with Gasteiger partial charge in [0.05, 0.1) is 25.4 Å². The maximum absolute atomic E-state index is 12.6. The lowest BCUT2D eigenvalue weighted by Crippen LogP contribution is -2.49. The second kappa shape index (κ2) is 5.62. The van der Waals surface area contributed by atoms with Gasteiger partial charge in [-0.1, -0.05) is 0 Å². The second-order valence-corrected chi connectivity index (χ2v) is 6.59. The first kappa shape index (κ1) is 14.1. The lowest BCUT2D eigenvalue weighted by atomic mass is 10.2. The van der Waals surface area contributed by atoms with Gasteiger partial charge in [-0.25, -0.2) is 4.98 Å². The van der Waals surface area contributed by atoms with Crippen LogP contribution in [0.25, 0.3) is 4.96 Å². The minimum Gasteiger partial charge on any atom is -0.390 e. The zero-order valence-corrected chi connectivity index (χ0v) is 12.9. The summed E-state index contributed by atoms with van der Waals surface area (Å²) in [5.74, 6) is -0.106. The number of rotatable bonds is 2. The molecular formula is C14H18N4O3S. The first-order valence-corrected chi connectivity index (χ1v) is 8.31. The molecule has 0 bridgehead atoms. The molecule has 2 aromatic rings. The summed E-state index contributed by atoms with van der Waals surface area (Å²) in [6.45, 7) is 3.91. The number of likely N-dealkylation sites (tertiary alicyclic amines) is 1. The first-order valence-electron chi connectivity index (χ1n) is 7.44. The summed E-state index contributed by atoms with van der Waals surface area (Å²) >= 11 is 1.50. The van der Waals surface area contributed by atoms with Crippen molar-refractivity contribution in [1.82, 2.24) is 19.2 Å². The lowest BCUT2D eigenvalue weighted by molar-refractivity contribution is -0.00611. The van der Waals surface area contributed by atoms with Crippen LogP contribution in [-0.2, 0) is 4.74 Å². The summed E-state index contributed by atoms with van der Waals surface area (Å²) in [5, 5.41) is 12.2. The van der Waals surface area contributed by atoms with E-state index in [2.05, 4.69) is 9.88 Å². The van der Waals surface area contributed by atoms with Crippen LogP contribution in [0.5, 0.6) is 0 Å². The third-order valence-electron chi connectivity index (χ3n) is 4.37. The summed E-state index contributed by atoms with van der Waals surface area (Å²) in [4.78, 5) is 21.7. The van der Waals surface area contributed by atoms with Gasteiger partial charge >= 0.3 is 0 Å².